The van der Waals surface area contributed by atoms with E-state index in [0.29, 0.717) is 34.5 Å². The molecule has 1 unspecified atom stereocenters. The van der Waals surface area contributed by atoms with Crippen molar-refractivity contribution >= 4 is 23.4 Å². The van der Waals surface area contributed by atoms with Crippen LogP contribution in [0.4, 0.5) is 5.69 Å². The third-order valence-corrected chi connectivity index (χ3v) is 6.83. The molecule has 7 nitrogen and oxygen atoms in total. The summed E-state index contributed by atoms with van der Waals surface area (Å²) in [5.74, 6) is 1.44. The number of anilines is 1. The Bertz CT molecular complexity index is 1260. The van der Waals surface area contributed by atoms with Crippen molar-refractivity contribution in [1.82, 2.24) is 10.1 Å². The SMILES string of the molecule is C=CCOc1ccc(C2N(C(C)=O)c3ccccc3-c3c(=O)[nH]c(SCCCCCC)n[n+]32)cc1. The number of rotatable bonds is 10. The summed E-state index contributed by atoms with van der Waals surface area (Å²) in [5.41, 5.74) is 2.40. The Hall–Kier alpha value is -3.39. The quantitative estimate of drug-likeness (QED) is 0.189. The second kappa shape index (κ2) is 11.4. The van der Waals surface area contributed by atoms with Crippen molar-refractivity contribution in [3.8, 4) is 17.0 Å². The lowest BCUT2D eigenvalue weighted by molar-refractivity contribution is -0.763. The van der Waals surface area contributed by atoms with E-state index in [2.05, 4.69) is 18.5 Å². The predicted octanol–water partition coefficient (Wildman–Crippen LogP) is 4.88. The van der Waals surface area contributed by atoms with E-state index in [9.17, 15) is 9.59 Å². The van der Waals surface area contributed by atoms with Crippen LogP contribution in [0.1, 0.15) is 51.3 Å². The molecular weight excluding hydrogens is 460 g/mol. The molecule has 8 heteroatoms. The molecule has 2 heterocycles. The van der Waals surface area contributed by atoms with Crippen LogP contribution in [0.15, 0.2) is 71.1 Å². The van der Waals surface area contributed by atoms with Gasteiger partial charge in [-0.2, -0.15) is 0 Å². The highest BCUT2D eigenvalue weighted by Gasteiger charge is 2.44. The second-order valence-corrected chi connectivity index (χ2v) is 9.49. The topological polar surface area (TPSA) is 79.2 Å². The number of carbonyl (C=O) groups excluding carboxylic acids is 1. The molecule has 3 aromatic rings. The monoisotopic (exact) mass is 491 g/mol. The number of benzene rings is 2. The summed E-state index contributed by atoms with van der Waals surface area (Å²) in [4.78, 5) is 31.0. The lowest BCUT2D eigenvalue weighted by Gasteiger charge is -2.31. The largest absolute Gasteiger partial charge is 0.490 e. The maximum Gasteiger partial charge on any atom is 0.325 e. The fourth-order valence-corrected chi connectivity index (χ4v) is 5.12. The minimum absolute atomic E-state index is 0.136. The van der Waals surface area contributed by atoms with Crippen molar-refractivity contribution in [2.45, 2.75) is 50.9 Å². The van der Waals surface area contributed by atoms with Crippen LogP contribution in [0, 0.1) is 0 Å². The van der Waals surface area contributed by atoms with Crippen LogP contribution >= 0.6 is 11.8 Å². The van der Waals surface area contributed by atoms with Gasteiger partial charge in [-0.1, -0.05) is 62.7 Å². The molecule has 182 valence electrons. The Morgan fingerprint density at radius 2 is 1.97 bits per heavy atom. The first-order valence-corrected chi connectivity index (χ1v) is 13.0. The third kappa shape index (κ3) is 5.32. The number of amides is 1. The van der Waals surface area contributed by atoms with Crippen molar-refractivity contribution in [3.05, 3.63) is 77.1 Å². The molecule has 1 aromatic heterocycles. The Morgan fingerprint density at radius 1 is 1.20 bits per heavy atom. The maximum atomic E-state index is 13.3. The van der Waals surface area contributed by atoms with Gasteiger partial charge < -0.3 is 4.74 Å². The Balaban J connectivity index is 1.80. The number of thioether (sulfide) groups is 1. The first-order chi connectivity index (χ1) is 17.0. The normalized spacial score (nSPS) is 14.2. The van der Waals surface area contributed by atoms with Gasteiger partial charge in [0.2, 0.25) is 11.1 Å². The van der Waals surface area contributed by atoms with Crippen LogP contribution in [0.2, 0.25) is 0 Å². The van der Waals surface area contributed by atoms with E-state index in [-0.39, 0.29) is 11.5 Å². The van der Waals surface area contributed by atoms with Gasteiger partial charge in [-0.25, -0.2) is 4.90 Å². The number of fused-ring (bicyclic) bond motifs is 3. The number of aromatic nitrogens is 3. The van der Waals surface area contributed by atoms with Crippen molar-refractivity contribution < 1.29 is 14.2 Å². The molecule has 0 spiro atoms. The minimum Gasteiger partial charge on any atom is -0.490 e. The van der Waals surface area contributed by atoms with Crippen molar-refractivity contribution in [2.75, 3.05) is 17.3 Å². The van der Waals surface area contributed by atoms with Gasteiger partial charge in [0.05, 0.1) is 11.3 Å². The van der Waals surface area contributed by atoms with E-state index in [1.165, 1.54) is 31.5 Å². The summed E-state index contributed by atoms with van der Waals surface area (Å²) in [6.45, 7) is 7.80. The molecule has 1 aliphatic rings. The van der Waals surface area contributed by atoms with E-state index in [1.54, 1.807) is 15.7 Å². The van der Waals surface area contributed by atoms with Gasteiger partial charge in [0, 0.05) is 23.3 Å². The van der Waals surface area contributed by atoms with Gasteiger partial charge in [-0.3, -0.25) is 14.6 Å². The molecule has 2 aromatic carbocycles. The summed E-state index contributed by atoms with van der Waals surface area (Å²) in [7, 11) is 0. The van der Waals surface area contributed by atoms with Crippen LogP contribution in [0.3, 0.4) is 0 Å². The number of unbranched alkanes of at least 4 members (excludes halogenated alkanes) is 3. The van der Waals surface area contributed by atoms with Crippen LogP contribution in [-0.2, 0) is 4.79 Å². The Labute approximate surface area is 209 Å². The molecule has 1 amide bonds. The number of aromatic amines is 1. The highest BCUT2D eigenvalue weighted by molar-refractivity contribution is 7.99. The van der Waals surface area contributed by atoms with E-state index in [1.807, 2.05) is 48.5 Å². The Morgan fingerprint density at radius 3 is 2.69 bits per heavy atom. The number of nitrogens with one attached hydrogen (secondary N) is 1. The van der Waals surface area contributed by atoms with Crippen LogP contribution < -0.4 is 19.9 Å². The van der Waals surface area contributed by atoms with Crippen LogP contribution in [0.25, 0.3) is 11.3 Å². The van der Waals surface area contributed by atoms with Crippen molar-refractivity contribution in [2.24, 2.45) is 0 Å². The van der Waals surface area contributed by atoms with Gasteiger partial charge in [0.15, 0.2) is 0 Å². The van der Waals surface area contributed by atoms with Gasteiger partial charge in [0.25, 0.3) is 6.17 Å². The molecule has 35 heavy (non-hydrogen) atoms. The number of nitrogens with zero attached hydrogens (tertiary/aromatic N) is 3. The van der Waals surface area contributed by atoms with Crippen molar-refractivity contribution in [1.29, 1.82) is 0 Å². The minimum atomic E-state index is -0.604. The first kappa shape index (κ1) is 24.7. The average molecular weight is 492 g/mol. The number of H-pyrrole nitrogens is 1. The molecule has 0 saturated carbocycles. The smallest absolute Gasteiger partial charge is 0.325 e. The molecule has 0 aliphatic carbocycles. The fraction of sp³-hybridized carbons (Fsp3) is 0.333. The zero-order chi connectivity index (χ0) is 24.8. The Kier molecular flexibility index (Phi) is 8.02. The molecule has 0 radical (unpaired) electrons. The van der Waals surface area contributed by atoms with E-state index in [0.717, 1.165) is 24.2 Å². The second-order valence-electron chi connectivity index (χ2n) is 8.41. The molecular formula is C27H31N4O3S+. The highest BCUT2D eigenvalue weighted by atomic mass is 32.2. The zero-order valence-electron chi connectivity index (χ0n) is 20.2. The number of hydrogen-bond donors (Lipinski definition) is 1. The lowest BCUT2D eigenvalue weighted by atomic mass is 10.0. The van der Waals surface area contributed by atoms with Crippen LogP contribution in [-0.4, -0.2) is 28.3 Å². The zero-order valence-corrected chi connectivity index (χ0v) is 21.0. The molecule has 0 saturated heterocycles. The summed E-state index contributed by atoms with van der Waals surface area (Å²) < 4.78 is 7.32. The van der Waals surface area contributed by atoms with E-state index >= 15 is 0 Å². The number of carbonyl (C=O) groups is 1. The third-order valence-electron chi connectivity index (χ3n) is 5.88. The van der Waals surface area contributed by atoms with Gasteiger partial charge in [-0.05, 0) is 47.5 Å². The lowest BCUT2D eigenvalue weighted by Crippen LogP contribution is -2.60. The van der Waals surface area contributed by atoms with Gasteiger partial charge >= 0.3 is 11.3 Å². The van der Waals surface area contributed by atoms with E-state index < -0.39 is 6.17 Å². The fourth-order valence-electron chi connectivity index (χ4n) is 4.27. The summed E-state index contributed by atoms with van der Waals surface area (Å²) in [5, 5.41) is 5.39. The summed E-state index contributed by atoms with van der Waals surface area (Å²) in [6.07, 6.45) is 5.67. The van der Waals surface area contributed by atoms with Crippen LogP contribution in [0.5, 0.6) is 5.75 Å². The summed E-state index contributed by atoms with van der Waals surface area (Å²) >= 11 is 1.54. The predicted molar refractivity (Wildman–Crippen MR) is 139 cm³/mol. The molecule has 1 aliphatic heterocycles. The number of para-hydroxylation sites is 1. The standard InChI is InChI=1S/C27H30N4O3S/c1-4-6-7-10-18-35-27-28-25(33)24-22-11-8-9-12-23(22)30(19(3)32)26(31(24)29-27)20-13-15-21(16-14-20)34-17-5-2/h5,8-9,11-16,26H,2,4,6-7,10,17-18H2,1,3H3/p+1. The molecule has 0 bridgehead atoms. The van der Waals surface area contributed by atoms with Gasteiger partial charge in [0.1, 0.15) is 12.4 Å². The van der Waals surface area contributed by atoms with Crippen molar-refractivity contribution in [3.63, 3.8) is 0 Å². The maximum absolute atomic E-state index is 13.3. The highest BCUT2D eigenvalue weighted by Crippen LogP contribution is 2.37. The summed E-state index contributed by atoms with van der Waals surface area (Å²) in [6, 6.07) is 15.0. The molecule has 0 fully saturated rings. The molecule has 1 atom stereocenters. The number of ether oxygens (including phenoxy) is 1. The molecule has 1 N–H and O–H groups in total. The average Bonchev–Trinajstić information content (AvgIpc) is 2.86. The first-order valence-electron chi connectivity index (χ1n) is 12.0. The number of hydrogen-bond acceptors (Lipinski definition) is 5. The molecule has 4 rings (SSSR count). The van der Waals surface area contributed by atoms with Gasteiger partial charge in [-0.15, -0.1) is 0 Å². The van der Waals surface area contributed by atoms with E-state index in [4.69, 9.17) is 9.84 Å².